The van der Waals surface area contributed by atoms with Crippen LogP contribution in [0.4, 0.5) is 0 Å². The molecule has 0 aliphatic rings. The van der Waals surface area contributed by atoms with Crippen molar-refractivity contribution in [1.82, 2.24) is 19.5 Å². The molecule has 0 bridgehead atoms. The Morgan fingerprint density at radius 2 is 0.746 bits per heavy atom. The van der Waals surface area contributed by atoms with Crippen LogP contribution < -0.4 is 0 Å². The van der Waals surface area contributed by atoms with Crippen LogP contribution in [0.15, 0.2) is 231 Å². The first-order valence-electron chi connectivity index (χ1n) is 21.3. The van der Waals surface area contributed by atoms with Crippen LogP contribution in [-0.4, -0.2) is 19.5 Å². The average molecular weight is 803 g/mol. The van der Waals surface area contributed by atoms with E-state index in [0.29, 0.717) is 5.82 Å². The lowest BCUT2D eigenvalue weighted by Gasteiger charge is -2.18. The maximum absolute atomic E-state index is 5.24. The van der Waals surface area contributed by atoms with E-state index in [1.807, 2.05) is 18.5 Å². The first-order chi connectivity index (χ1) is 31.2. The van der Waals surface area contributed by atoms with Crippen LogP contribution in [0, 0.1) is 0 Å². The summed E-state index contributed by atoms with van der Waals surface area (Å²) in [4.78, 5) is 14.9. The van der Waals surface area contributed by atoms with Crippen molar-refractivity contribution in [3.05, 3.63) is 231 Å². The highest BCUT2D eigenvalue weighted by Gasteiger charge is 2.18. The molecule has 0 fully saturated rings. The number of benzene rings is 9. The van der Waals surface area contributed by atoms with Gasteiger partial charge in [0.25, 0.3) is 0 Å². The smallest absolute Gasteiger partial charge is 0.160 e. The zero-order valence-electron chi connectivity index (χ0n) is 34.2. The highest BCUT2D eigenvalue weighted by atomic mass is 15.0. The van der Waals surface area contributed by atoms with Gasteiger partial charge in [0.15, 0.2) is 5.82 Å². The molecule has 4 nitrogen and oxygen atoms in total. The van der Waals surface area contributed by atoms with Crippen LogP contribution in [0.25, 0.3) is 116 Å². The first kappa shape index (κ1) is 36.4. The maximum atomic E-state index is 5.24. The van der Waals surface area contributed by atoms with Gasteiger partial charge in [-0.15, -0.1) is 0 Å². The molecular formula is C59H38N4. The largest absolute Gasteiger partial charge is 0.309 e. The third-order valence-electron chi connectivity index (χ3n) is 12.3. The van der Waals surface area contributed by atoms with Gasteiger partial charge < -0.3 is 4.57 Å². The predicted octanol–water partition coefficient (Wildman–Crippen LogP) is 15.3. The van der Waals surface area contributed by atoms with Crippen molar-refractivity contribution in [2.24, 2.45) is 0 Å². The summed E-state index contributed by atoms with van der Waals surface area (Å²) in [7, 11) is 0. The van der Waals surface area contributed by atoms with Gasteiger partial charge in [-0.2, -0.15) is 0 Å². The number of para-hydroxylation sites is 1. The fourth-order valence-corrected chi connectivity index (χ4v) is 9.36. The standard InChI is InChI=1S/C59H38N4/c1-4-14-40(15-5-1)53-37-54(41-26-24-39(25-27-41)45-32-33-55-51(36-45)52-38-60-35-34-56(52)63(55)46-18-8-3-9-19-46)62-59(61-53)44-30-28-43(29-31-44)58-49-22-12-10-20-47(49)57(42-16-6-2-7-17-42)48-21-11-13-23-50(48)58/h1-38H. The minimum absolute atomic E-state index is 0.685. The Labute approximate surface area is 365 Å². The number of nitrogens with zero attached hydrogens (tertiary/aromatic N) is 4. The molecule has 0 spiro atoms. The van der Waals surface area contributed by atoms with Crippen LogP contribution in [0.3, 0.4) is 0 Å². The molecule has 0 radical (unpaired) electrons. The van der Waals surface area contributed by atoms with Crippen LogP contribution in [-0.2, 0) is 0 Å². The minimum Gasteiger partial charge on any atom is -0.309 e. The Morgan fingerprint density at radius 1 is 0.302 bits per heavy atom. The number of fused-ring (bicyclic) bond motifs is 5. The lowest BCUT2D eigenvalue weighted by atomic mass is 9.86. The summed E-state index contributed by atoms with van der Waals surface area (Å²) in [5.74, 6) is 0.685. The summed E-state index contributed by atoms with van der Waals surface area (Å²) < 4.78 is 2.32. The van der Waals surface area contributed by atoms with Gasteiger partial charge in [0.2, 0.25) is 0 Å². The van der Waals surface area contributed by atoms with Crippen molar-refractivity contribution in [2.45, 2.75) is 0 Å². The Balaban J connectivity index is 0.931. The Bertz CT molecular complexity index is 3580. The number of aromatic nitrogens is 4. The third-order valence-corrected chi connectivity index (χ3v) is 12.3. The first-order valence-corrected chi connectivity index (χ1v) is 21.3. The summed E-state index contributed by atoms with van der Waals surface area (Å²) in [5.41, 5.74) is 15.4. The van der Waals surface area contributed by atoms with Gasteiger partial charge >= 0.3 is 0 Å². The summed E-state index contributed by atoms with van der Waals surface area (Å²) in [6.45, 7) is 0. The van der Waals surface area contributed by atoms with Gasteiger partial charge in [-0.25, -0.2) is 9.97 Å². The van der Waals surface area contributed by atoms with Crippen molar-refractivity contribution in [2.75, 3.05) is 0 Å². The normalized spacial score (nSPS) is 11.5. The van der Waals surface area contributed by atoms with Gasteiger partial charge in [-0.1, -0.05) is 182 Å². The molecule has 0 unspecified atom stereocenters. The Kier molecular flexibility index (Phi) is 8.79. The van der Waals surface area contributed by atoms with Gasteiger partial charge in [0.05, 0.1) is 22.4 Å². The van der Waals surface area contributed by atoms with Crippen LogP contribution in [0.1, 0.15) is 0 Å². The van der Waals surface area contributed by atoms with Crippen molar-refractivity contribution >= 4 is 43.4 Å². The topological polar surface area (TPSA) is 43.6 Å². The molecule has 12 rings (SSSR count). The summed E-state index contributed by atoms with van der Waals surface area (Å²) in [6.07, 6.45) is 3.84. The molecule has 0 saturated carbocycles. The molecule has 9 aromatic carbocycles. The van der Waals surface area contributed by atoms with Crippen molar-refractivity contribution in [3.8, 4) is 73.0 Å². The van der Waals surface area contributed by atoms with Crippen LogP contribution in [0.5, 0.6) is 0 Å². The number of hydrogen-bond acceptors (Lipinski definition) is 3. The van der Waals surface area contributed by atoms with Crippen molar-refractivity contribution in [1.29, 1.82) is 0 Å². The van der Waals surface area contributed by atoms with Crippen molar-refractivity contribution in [3.63, 3.8) is 0 Å². The molecule has 0 aliphatic heterocycles. The van der Waals surface area contributed by atoms with E-state index in [2.05, 4.69) is 222 Å². The fourth-order valence-electron chi connectivity index (χ4n) is 9.36. The molecule has 4 heteroatoms. The third kappa shape index (κ3) is 6.36. The van der Waals surface area contributed by atoms with E-state index in [1.54, 1.807) is 0 Å². The molecule has 0 saturated heterocycles. The van der Waals surface area contributed by atoms with E-state index in [0.717, 1.165) is 66.9 Å². The zero-order chi connectivity index (χ0) is 41.7. The highest BCUT2D eigenvalue weighted by Crippen LogP contribution is 2.44. The summed E-state index contributed by atoms with van der Waals surface area (Å²) in [6, 6.07) is 77.7. The summed E-state index contributed by atoms with van der Waals surface area (Å²) in [5, 5.41) is 7.24. The molecule has 0 N–H and O–H groups in total. The van der Waals surface area contributed by atoms with E-state index in [4.69, 9.17) is 9.97 Å². The monoisotopic (exact) mass is 802 g/mol. The Hall–Kier alpha value is -8.47. The molecule has 0 atom stereocenters. The van der Waals surface area contributed by atoms with Crippen molar-refractivity contribution < 1.29 is 0 Å². The van der Waals surface area contributed by atoms with E-state index in [9.17, 15) is 0 Å². The van der Waals surface area contributed by atoms with E-state index < -0.39 is 0 Å². The molecule has 0 amide bonds. The molecule has 63 heavy (non-hydrogen) atoms. The molecule has 3 heterocycles. The van der Waals surface area contributed by atoms with Crippen LogP contribution >= 0.6 is 0 Å². The quantitative estimate of drug-likeness (QED) is 0.151. The SMILES string of the molecule is c1ccc(-c2cc(-c3ccc(-c4ccc5c(c4)c4cnccc4n5-c4ccccc4)cc3)nc(-c3ccc(-c4c5ccccc5c(-c5ccccc5)c5ccccc45)cc3)n2)cc1. The lowest BCUT2D eigenvalue weighted by molar-refractivity contribution is 1.17. The van der Waals surface area contributed by atoms with Gasteiger partial charge in [0, 0.05) is 45.5 Å². The maximum Gasteiger partial charge on any atom is 0.160 e. The minimum atomic E-state index is 0.685. The molecule has 12 aromatic rings. The second-order valence-corrected chi connectivity index (χ2v) is 16.0. The van der Waals surface area contributed by atoms with E-state index >= 15 is 0 Å². The molecule has 0 aliphatic carbocycles. The second kappa shape index (κ2) is 15.2. The molecule has 294 valence electrons. The average Bonchev–Trinajstić information content (AvgIpc) is 3.70. The number of rotatable bonds is 7. The lowest BCUT2D eigenvalue weighted by Crippen LogP contribution is -1.96. The van der Waals surface area contributed by atoms with E-state index in [-0.39, 0.29) is 0 Å². The van der Waals surface area contributed by atoms with E-state index in [1.165, 1.54) is 43.6 Å². The zero-order valence-corrected chi connectivity index (χ0v) is 34.2. The Morgan fingerprint density at radius 3 is 1.35 bits per heavy atom. The van der Waals surface area contributed by atoms with Gasteiger partial charge in [-0.3, -0.25) is 4.98 Å². The number of pyridine rings is 1. The van der Waals surface area contributed by atoms with Crippen LogP contribution in [0.2, 0.25) is 0 Å². The fraction of sp³-hybridized carbons (Fsp3) is 0. The summed E-state index contributed by atoms with van der Waals surface area (Å²) >= 11 is 0. The molecular weight excluding hydrogens is 765 g/mol. The highest BCUT2D eigenvalue weighted by molar-refractivity contribution is 6.21. The van der Waals surface area contributed by atoms with Gasteiger partial charge in [-0.05, 0) is 91.3 Å². The predicted molar refractivity (Wildman–Crippen MR) is 262 cm³/mol. The molecule has 3 aromatic heterocycles. The van der Waals surface area contributed by atoms with Gasteiger partial charge in [0.1, 0.15) is 0 Å². The number of hydrogen-bond donors (Lipinski definition) is 0. The second-order valence-electron chi connectivity index (χ2n) is 16.0.